The maximum absolute atomic E-state index is 12.1. The van der Waals surface area contributed by atoms with Gasteiger partial charge >= 0.3 is 5.97 Å². The quantitative estimate of drug-likeness (QED) is 0.122. The molecule has 1 heterocycles. The summed E-state index contributed by atoms with van der Waals surface area (Å²) in [6.07, 6.45) is -3.09. The first-order chi connectivity index (χ1) is 24.0. The number of carbonyl (C=O) groups is 1. The summed E-state index contributed by atoms with van der Waals surface area (Å²) >= 11 is 0. The summed E-state index contributed by atoms with van der Waals surface area (Å²) < 4.78 is 33.6. The lowest BCUT2D eigenvalue weighted by Crippen LogP contribution is -2.58. The molecule has 0 radical (unpaired) electrons. The largest absolute Gasteiger partial charge is 0.478 e. The van der Waals surface area contributed by atoms with Crippen molar-refractivity contribution in [2.45, 2.75) is 63.9 Å². The Bertz CT molecular complexity index is 1730. The van der Waals surface area contributed by atoms with E-state index in [2.05, 4.69) is 0 Å². The Kier molecular flexibility index (Phi) is 12.0. The number of aromatic carboxylic acids is 1. The van der Waals surface area contributed by atoms with Crippen LogP contribution in [0.4, 0.5) is 0 Å². The number of hydrogen-bond acceptors (Lipinski definition) is 6. The van der Waals surface area contributed by atoms with Gasteiger partial charge in [0.1, 0.15) is 30.5 Å². The van der Waals surface area contributed by atoms with Crippen molar-refractivity contribution in [3.63, 3.8) is 0 Å². The first kappa shape index (κ1) is 34.2. The highest BCUT2D eigenvalue weighted by Crippen LogP contribution is 2.40. The van der Waals surface area contributed by atoms with Crippen LogP contribution in [0.1, 0.15) is 49.8 Å². The Balaban J connectivity index is 1.39. The Morgan fingerprint density at radius 3 is 1.53 bits per heavy atom. The number of ether oxygens (including phenoxy) is 5. The van der Waals surface area contributed by atoms with Crippen molar-refractivity contribution >= 4 is 5.97 Å². The molecule has 0 amide bonds. The third-order valence-electron chi connectivity index (χ3n) is 8.72. The van der Waals surface area contributed by atoms with Crippen molar-refractivity contribution < 1.29 is 33.6 Å². The highest BCUT2D eigenvalue weighted by atomic mass is 16.6. The van der Waals surface area contributed by atoms with E-state index in [9.17, 15) is 9.90 Å². The molecule has 1 aliphatic rings. The summed E-state index contributed by atoms with van der Waals surface area (Å²) in [6.45, 7) is 3.53. The number of carboxylic acids is 1. The molecule has 5 aromatic rings. The van der Waals surface area contributed by atoms with Crippen molar-refractivity contribution in [2.75, 3.05) is 6.61 Å². The van der Waals surface area contributed by atoms with Gasteiger partial charge in [-0.3, -0.25) is 0 Å². The molecule has 1 N–H and O–H groups in total. The molecule has 0 spiro atoms. The second-order valence-electron chi connectivity index (χ2n) is 12.3. The summed E-state index contributed by atoms with van der Waals surface area (Å²) in [6, 6.07) is 45.0. The summed E-state index contributed by atoms with van der Waals surface area (Å²) in [7, 11) is 0. The van der Waals surface area contributed by atoms with E-state index in [4.69, 9.17) is 23.7 Å². The normalized spacial score (nSPS) is 20.6. The van der Waals surface area contributed by atoms with Crippen LogP contribution in [0.5, 0.6) is 0 Å². The van der Waals surface area contributed by atoms with E-state index in [1.165, 1.54) is 0 Å². The van der Waals surface area contributed by atoms with Gasteiger partial charge < -0.3 is 28.8 Å². The third-order valence-corrected chi connectivity index (χ3v) is 8.72. The average Bonchev–Trinajstić information content (AvgIpc) is 3.14. The Labute approximate surface area is 288 Å². The third kappa shape index (κ3) is 9.29. The highest BCUT2D eigenvalue weighted by molar-refractivity contribution is 5.88. The van der Waals surface area contributed by atoms with Crippen LogP contribution in [0.25, 0.3) is 0 Å². The van der Waals surface area contributed by atoms with E-state index in [0.29, 0.717) is 26.4 Å². The van der Waals surface area contributed by atoms with Gasteiger partial charge in [0.2, 0.25) is 0 Å². The topological polar surface area (TPSA) is 83.5 Å². The van der Waals surface area contributed by atoms with Crippen LogP contribution in [-0.2, 0) is 50.1 Å². The lowest BCUT2D eigenvalue weighted by atomic mass is 9.88. The van der Waals surface area contributed by atoms with Crippen molar-refractivity contribution in [3.05, 3.63) is 178 Å². The van der Waals surface area contributed by atoms with Crippen molar-refractivity contribution in [1.29, 1.82) is 0 Å². The van der Waals surface area contributed by atoms with Gasteiger partial charge in [0.15, 0.2) is 0 Å². The number of hydrogen-bond donors (Lipinski definition) is 1. The number of benzene rings is 5. The monoisotopic (exact) mass is 658 g/mol. The molecule has 1 fully saturated rings. The Hall–Kier alpha value is -4.63. The maximum atomic E-state index is 12.1. The van der Waals surface area contributed by atoms with E-state index in [1.807, 2.05) is 134 Å². The molecule has 0 aliphatic carbocycles. The van der Waals surface area contributed by atoms with E-state index in [0.717, 1.165) is 33.4 Å². The fourth-order valence-corrected chi connectivity index (χ4v) is 6.12. The predicted molar refractivity (Wildman–Crippen MR) is 187 cm³/mol. The molecule has 1 saturated heterocycles. The standard InChI is InChI=1S/C42H42O7/c1-30-22-23-35(42(43)44)24-36(30)38-40(47-27-33-18-10-4-11-19-33)41(48-28-34-20-12-5-13-21-34)39(46-26-32-16-8-3-9-17-32)37(49-38)29-45-25-31-14-6-2-7-15-31/h2-24,37-41H,25-29H2,1H3,(H,43,44)/t37-,38+,39-,40+,41+/m1/s1. The minimum atomic E-state index is -1.01. The van der Waals surface area contributed by atoms with Gasteiger partial charge in [-0.05, 0) is 52.4 Å². The van der Waals surface area contributed by atoms with Gasteiger partial charge in [0.25, 0.3) is 0 Å². The molecule has 0 saturated carbocycles. The van der Waals surface area contributed by atoms with Crippen LogP contribution in [0.2, 0.25) is 0 Å². The highest BCUT2D eigenvalue weighted by Gasteiger charge is 2.49. The van der Waals surface area contributed by atoms with Gasteiger partial charge in [-0.25, -0.2) is 4.79 Å². The zero-order valence-electron chi connectivity index (χ0n) is 27.6. The van der Waals surface area contributed by atoms with E-state index in [-0.39, 0.29) is 12.2 Å². The van der Waals surface area contributed by atoms with E-state index in [1.54, 1.807) is 12.1 Å². The van der Waals surface area contributed by atoms with Crippen LogP contribution in [0.15, 0.2) is 140 Å². The second-order valence-corrected chi connectivity index (χ2v) is 12.3. The minimum absolute atomic E-state index is 0.173. The van der Waals surface area contributed by atoms with Crippen LogP contribution < -0.4 is 0 Å². The van der Waals surface area contributed by atoms with Crippen LogP contribution in [-0.4, -0.2) is 42.1 Å². The van der Waals surface area contributed by atoms with Crippen molar-refractivity contribution in [1.82, 2.24) is 0 Å². The second kappa shape index (κ2) is 17.2. The molecule has 5 atom stereocenters. The Morgan fingerprint density at radius 2 is 1.04 bits per heavy atom. The molecular formula is C42H42O7. The van der Waals surface area contributed by atoms with Crippen LogP contribution >= 0.6 is 0 Å². The molecule has 1 aliphatic heterocycles. The molecule has 0 aromatic heterocycles. The first-order valence-corrected chi connectivity index (χ1v) is 16.6. The molecule has 0 unspecified atom stereocenters. The molecular weight excluding hydrogens is 616 g/mol. The summed E-state index contributed by atoms with van der Waals surface area (Å²) in [4.78, 5) is 12.1. The fourth-order valence-electron chi connectivity index (χ4n) is 6.12. The van der Waals surface area contributed by atoms with E-state index < -0.39 is 36.5 Å². The van der Waals surface area contributed by atoms with Crippen molar-refractivity contribution in [2.24, 2.45) is 0 Å². The molecule has 6 rings (SSSR count). The smallest absolute Gasteiger partial charge is 0.335 e. The summed E-state index contributed by atoms with van der Waals surface area (Å²) in [5, 5.41) is 9.94. The number of rotatable bonds is 15. The average molecular weight is 659 g/mol. The lowest BCUT2D eigenvalue weighted by Gasteiger charge is -2.46. The van der Waals surface area contributed by atoms with Gasteiger partial charge in [-0.15, -0.1) is 0 Å². The van der Waals surface area contributed by atoms with Gasteiger partial charge in [0, 0.05) is 0 Å². The summed E-state index contributed by atoms with van der Waals surface area (Å²) in [5.41, 5.74) is 5.85. The van der Waals surface area contributed by atoms with Crippen molar-refractivity contribution in [3.8, 4) is 0 Å². The molecule has 252 valence electrons. The zero-order valence-corrected chi connectivity index (χ0v) is 27.6. The molecule has 0 bridgehead atoms. The SMILES string of the molecule is Cc1ccc(C(=O)O)cc1[C@@H]1O[C@H](COCc2ccccc2)[C@@H](OCc2ccccc2)[C@H](OCc2ccccc2)[C@H]1OCc1ccccc1. The molecule has 49 heavy (non-hydrogen) atoms. The maximum Gasteiger partial charge on any atom is 0.335 e. The minimum Gasteiger partial charge on any atom is -0.478 e. The lowest BCUT2D eigenvalue weighted by molar-refractivity contribution is -0.275. The number of aryl methyl sites for hydroxylation is 1. The number of carboxylic acid groups (broad SMARTS) is 1. The molecule has 7 nitrogen and oxygen atoms in total. The first-order valence-electron chi connectivity index (χ1n) is 16.6. The van der Waals surface area contributed by atoms with Gasteiger partial charge in [-0.1, -0.05) is 127 Å². The van der Waals surface area contributed by atoms with Gasteiger partial charge in [-0.2, -0.15) is 0 Å². The molecule has 7 heteroatoms. The Morgan fingerprint density at radius 1 is 0.592 bits per heavy atom. The van der Waals surface area contributed by atoms with Gasteiger partial charge in [0.05, 0.1) is 38.6 Å². The molecule has 5 aromatic carbocycles. The fraction of sp³-hybridized carbons (Fsp3) is 0.262. The van der Waals surface area contributed by atoms with Crippen LogP contribution in [0, 0.1) is 6.92 Å². The predicted octanol–water partition coefficient (Wildman–Crippen LogP) is 8.11. The van der Waals surface area contributed by atoms with Crippen LogP contribution in [0.3, 0.4) is 0 Å². The van der Waals surface area contributed by atoms with E-state index >= 15 is 0 Å². The zero-order chi connectivity index (χ0) is 33.8. The summed E-state index contributed by atoms with van der Waals surface area (Å²) in [5.74, 6) is -1.01.